The van der Waals surface area contributed by atoms with E-state index in [0.29, 0.717) is 0 Å². The van der Waals surface area contributed by atoms with Crippen molar-refractivity contribution in [1.82, 2.24) is 4.90 Å². The van der Waals surface area contributed by atoms with Crippen molar-refractivity contribution in [1.29, 1.82) is 0 Å². The molecule has 1 aromatic carbocycles. The minimum absolute atomic E-state index is 0.0804. The summed E-state index contributed by atoms with van der Waals surface area (Å²) in [5, 5.41) is 2.84. The quantitative estimate of drug-likeness (QED) is 0.412. The Bertz CT molecular complexity index is 916. The van der Waals surface area contributed by atoms with Gasteiger partial charge in [-0.3, -0.25) is 19.3 Å². The van der Waals surface area contributed by atoms with Crippen LogP contribution in [0.3, 0.4) is 0 Å². The molecule has 0 aromatic heterocycles. The van der Waals surface area contributed by atoms with Gasteiger partial charge in [0.25, 0.3) is 5.91 Å². The van der Waals surface area contributed by atoms with Crippen molar-refractivity contribution in [2.24, 2.45) is 23.7 Å². The third kappa shape index (κ3) is 3.56. The Morgan fingerprint density at radius 3 is 2.13 bits per heavy atom. The second-order valence-corrected chi connectivity index (χ2v) is 8.54. The number of ether oxygens (including phenoxy) is 1. The Kier molecular flexibility index (Phi) is 5.69. The number of nitrogens with one attached hydrogen (secondary N) is 1. The molecule has 4 rings (SSSR count). The van der Waals surface area contributed by atoms with E-state index >= 15 is 0 Å². The number of aryl methyl sites for hydroxylation is 2. The summed E-state index contributed by atoms with van der Waals surface area (Å²) in [7, 11) is 0. The van der Waals surface area contributed by atoms with Gasteiger partial charge in [0.15, 0.2) is 6.61 Å². The number of para-hydroxylation sites is 1. The Labute approximate surface area is 181 Å². The zero-order chi connectivity index (χ0) is 22.3. The predicted octanol–water partition coefficient (Wildman–Crippen LogP) is 2.49. The molecule has 1 saturated heterocycles. The number of esters is 1. The van der Waals surface area contributed by atoms with E-state index in [2.05, 4.69) is 5.32 Å². The summed E-state index contributed by atoms with van der Waals surface area (Å²) in [6.07, 6.45) is 6.37. The largest absolute Gasteiger partial charge is 0.454 e. The van der Waals surface area contributed by atoms with Crippen LogP contribution >= 0.6 is 0 Å². The molecule has 1 heterocycles. The highest BCUT2D eigenvalue weighted by molar-refractivity contribution is 6.09. The highest BCUT2D eigenvalue weighted by Gasteiger charge is 2.60. The fourth-order valence-corrected chi connectivity index (χ4v) is 5.25. The molecule has 0 radical (unpaired) electrons. The molecule has 31 heavy (non-hydrogen) atoms. The Balaban J connectivity index is 1.37. The van der Waals surface area contributed by atoms with E-state index in [0.717, 1.165) is 41.0 Å². The van der Waals surface area contributed by atoms with Crippen molar-refractivity contribution in [3.05, 3.63) is 41.5 Å². The lowest BCUT2D eigenvalue weighted by atomic mass is 9.85. The standard InChI is InChI=1S/C24H28N2O5/c1-4-14-7-6-8-15(5-2)21(14)25-18(27)12-31-24(30)13(3)26-22(28)19-16-9-10-17(11-16)20(19)23(26)29/h6-10,13,16-17,19-20H,4-5,11-12H2,1-3H3,(H,25,27)/t13-,16+,17+,19-,20+/m1/s1. The number of carbonyl (C=O) groups is 4. The number of imide groups is 1. The van der Waals surface area contributed by atoms with E-state index in [9.17, 15) is 19.2 Å². The number of nitrogens with zero attached hydrogens (tertiary/aromatic N) is 1. The van der Waals surface area contributed by atoms with Crippen molar-refractivity contribution < 1.29 is 23.9 Å². The van der Waals surface area contributed by atoms with E-state index < -0.39 is 24.5 Å². The van der Waals surface area contributed by atoms with Gasteiger partial charge >= 0.3 is 5.97 Å². The Hall–Kier alpha value is -2.96. The number of likely N-dealkylation sites (tertiary alicyclic amines) is 1. The lowest BCUT2D eigenvalue weighted by Gasteiger charge is -2.23. The lowest BCUT2D eigenvalue weighted by molar-refractivity contribution is -0.159. The van der Waals surface area contributed by atoms with E-state index in [1.807, 2.05) is 44.2 Å². The van der Waals surface area contributed by atoms with Crippen LogP contribution in [0, 0.1) is 23.7 Å². The van der Waals surface area contributed by atoms with E-state index in [1.165, 1.54) is 6.92 Å². The van der Waals surface area contributed by atoms with Gasteiger partial charge in [0.1, 0.15) is 6.04 Å². The number of carbonyl (C=O) groups excluding carboxylic acids is 4. The maximum absolute atomic E-state index is 12.8. The zero-order valence-electron chi connectivity index (χ0n) is 18.1. The molecular weight excluding hydrogens is 396 g/mol. The molecule has 7 nitrogen and oxygen atoms in total. The van der Waals surface area contributed by atoms with E-state index in [1.54, 1.807) is 0 Å². The van der Waals surface area contributed by atoms with Gasteiger partial charge in [-0.2, -0.15) is 0 Å². The van der Waals surface area contributed by atoms with Crippen LogP contribution in [0.1, 0.15) is 38.3 Å². The van der Waals surface area contributed by atoms with Crippen molar-refractivity contribution >= 4 is 29.4 Å². The molecule has 1 aliphatic heterocycles. The second-order valence-electron chi connectivity index (χ2n) is 8.54. The van der Waals surface area contributed by atoms with Crippen LogP contribution < -0.4 is 5.32 Å². The van der Waals surface area contributed by atoms with Gasteiger partial charge in [0.2, 0.25) is 11.8 Å². The molecule has 3 aliphatic rings. The molecule has 2 aliphatic carbocycles. The first-order chi connectivity index (χ1) is 14.9. The third-order valence-electron chi connectivity index (χ3n) is 6.84. The minimum Gasteiger partial charge on any atom is -0.454 e. The first-order valence-corrected chi connectivity index (χ1v) is 11.0. The fraction of sp³-hybridized carbons (Fsp3) is 0.500. The van der Waals surface area contributed by atoms with E-state index in [-0.39, 0.29) is 35.5 Å². The average molecular weight is 424 g/mol. The number of rotatable bonds is 7. The third-order valence-corrected chi connectivity index (χ3v) is 6.84. The number of benzene rings is 1. The van der Waals surface area contributed by atoms with E-state index in [4.69, 9.17) is 4.74 Å². The minimum atomic E-state index is -1.05. The lowest BCUT2D eigenvalue weighted by Crippen LogP contribution is -2.45. The van der Waals surface area contributed by atoms with Gasteiger partial charge in [0, 0.05) is 5.69 Å². The maximum Gasteiger partial charge on any atom is 0.329 e. The van der Waals surface area contributed by atoms with Crippen molar-refractivity contribution in [2.45, 2.75) is 46.1 Å². The van der Waals surface area contributed by atoms with Gasteiger partial charge in [0.05, 0.1) is 11.8 Å². The maximum atomic E-state index is 12.8. The molecular formula is C24H28N2O5. The molecule has 1 N–H and O–H groups in total. The molecule has 5 atom stereocenters. The summed E-state index contributed by atoms with van der Waals surface area (Å²) in [6, 6.07) is 4.81. The van der Waals surface area contributed by atoms with Crippen molar-refractivity contribution in [2.75, 3.05) is 11.9 Å². The topological polar surface area (TPSA) is 92.8 Å². The first-order valence-electron chi connectivity index (χ1n) is 11.0. The SMILES string of the molecule is CCc1cccc(CC)c1NC(=O)COC(=O)[C@@H](C)N1C(=O)[C@@H]2[C@H](C1=O)[C@H]1C=C[C@H]2C1. The zero-order valence-corrected chi connectivity index (χ0v) is 18.1. The molecule has 2 fully saturated rings. The number of anilines is 1. The smallest absolute Gasteiger partial charge is 0.329 e. The Morgan fingerprint density at radius 2 is 1.61 bits per heavy atom. The van der Waals surface area contributed by atoms with Gasteiger partial charge in [-0.05, 0) is 49.1 Å². The number of amides is 3. The predicted molar refractivity (Wildman–Crippen MR) is 114 cm³/mol. The van der Waals surface area contributed by atoms with Crippen molar-refractivity contribution in [3.63, 3.8) is 0 Å². The van der Waals surface area contributed by atoms with Gasteiger partial charge in [-0.1, -0.05) is 44.2 Å². The highest BCUT2D eigenvalue weighted by Crippen LogP contribution is 2.52. The summed E-state index contributed by atoms with van der Waals surface area (Å²) < 4.78 is 5.17. The molecule has 3 amide bonds. The summed E-state index contributed by atoms with van der Waals surface area (Å²) in [5.74, 6) is -2.37. The molecule has 164 valence electrons. The monoisotopic (exact) mass is 424 g/mol. The molecule has 7 heteroatoms. The summed E-state index contributed by atoms with van der Waals surface area (Å²) in [6.45, 7) is 5.02. The normalized spacial score (nSPS) is 26.9. The fourth-order valence-electron chi connectivity index (χ4n) is 5.25. The summed E-state index contributed by atoms with van der Waals surface area (Å²) in [4.78, 5) is 51.7. The molecule has 2 bridgehead atoms. The summed E-state index contributed by atoms with van der Waals surface area (Å²) in [5.41, 5.74) is 2.77. The second kappa shape index (κ2) is 8.29. The Morgan fingerprint density at radius 1 is 1.06 bits per heavy atom. The van der Waals surface area contributed by atoms with Crippen LogP contribution in [0.2, 0.25) is 0 Å². The number of hydrogen-bond acceptors (Lipinski definition) is 5. The summed E-state index contributed by atoms with van der Waals surface area (Å²) >= 11 is 0. The van der Waals surface area contributed by atoms with Crippen LogP contribution in [-0.2, 0) is 36.8 Å². The van der Waals surface area contributed by atoms with Gasteiger partial charge in [-0.15, -0.1) is 0 Å². The molecule has 1 saturated carbocycles. The number of fused-ring (bicyclic) bond motifs is 5. The van der Waals surface area contributed by atoms with Crippen LogP contribution in [0.5, 0.6) is 0 Å². The molecule has 1 aromatic rings. The van der Waals surface area contributed by atoms with Crippen molar-refractivity contribution in [3.8, 4) is 0 Å². The van der Waals surface area contributed by atoms with Crippen LogP contribution in [-0.4, -0.2) is 41.2 Å². The van der Waals surface area contributed by atoms with Gasteiger partial charge < -0.3 is 10.1 Å². The molecule has 0 spiro atoms. The van der Waals surface area contributed by atoms with Crippen LogP contribution in [0.25, 0.3) is 0 Å². The van der Waals surface area contributed by atoms with Crippen LogP contribution in [0.4, 0.5) is 5.69 Å². The average Bonchev–Trinajstić information content (AvgIpc) is 3.45. The number of allylic oxidation sites excluding steroid dienone is 2. The van der Waals surface area contributed by atoms with Crippen LogP contribution in [0.15, 0.2) is 30.4 Å². The highest BCUT2D eigenvalue weighted by atomic mass is 16.5. The first kappa shape index (κ1) is 21.3. The van der Waals surface area contributed by atoms with Gasteiger partial charge in [-0.25, -0.2) is 4.79 Å². The number of hydrogen-bond donors (Lipinski definition) is 1. The molecule has 0 unspecified atom stereocenters.